The summed E-state index contributed by atoms with van der Waals surface area (Å²) in [7, 11) is 3.90. The van der Waals surface area contributed by atoms with Gasteiger partial charge in [-0.15, -0.1) is 0 Å². The van der Waals surface area contributed by atoms with E-state index in [1.807, 2.05) is 19.0 Å². The number of hydrogen-bond donors (Lipinski definition) is 1. The summed E-state index contributed by atoms with van der Waals surface area (Å²) < 4.78 is 0. The summed E-state index contributed by atoms with van der Waals surface area (Å²) in [6, 6.07) is 11.1. The molecule has 0 unspecified atom stereocenters. The number of amides is 1. The number of pyridine rings is 1. The van der Waals surface area contributed by atoms with Crippen LogP contribution in [0.4, 0.5) is 0 Å². The van der Waals surface area contributed by atoms with Gasteiger partial charge in [-0.1, -0.05) is 17.7 Å². The molecule has 1 N–H and O–H groups in total. The fourth-order valence-corrected chi connectivity index (χ4v) is 3.40. The lowest BCUT2D eigenvalue weighted by Gasteiger charge is -2.25. The number of rotatable bonds is 6. The molecular weight excluding hydrogens is 378 g/mol. The molecule has 6 nitrogen and oxygen atoms in total. The fourth-order valence-electron chi connectivity index (χ4n) is 3.28. The molecule has 0 saturated carbocycles. The molecule has 1 atom stereocenters. The van der Waals surface area contributed by atoms with Crippen LogP contribution in [0.25, 0.3) is 5.76 Å². The first-order valence-electron chi connectivity index (χ1n) is 9.00. The second-order valence-corrected chi connectivity index (χ2v) is 7.35. The Morgan fingerprint density at radius 1 is 1.18 bits per heavy atom. The number of aromatic nitrogens is 1. The highest BCUT2D eigenvalue weighted by atomic mass is 35.5. The average Bonchev–Trinajstić information content (AvgIpc) is 2.93. The summed E-state index contributed by atoms with van der Waals surface area (Å²) in [5, 5.41) is 11.4. The number of ketones is 1. The normalized spacial score (nSPS) is 18.9. The topological polar surface area (TPSA) is 73.7 Å². The highest BCUT2D eigenvalue weighted by molar-refractivity contribution is 6.46. The SMILES string of the molecule is CN(C)CCCN1C(=O)C(=O)C(=C(O)c2ccc(Cl)cc2)[C@@H]1c1ccccn1. The highest BCUT2D eigenvalue weighted by Gasteiger charge is 2.46. The van der Waals surface area contributed by atoms with Crippen molar-refractivity contribution in [1.82, 2.24) is 14.8 Å². The molecule has 1 aromatic carbocycles. The maximum Gasteiger partial charge on any atom is 0.295 e. The third-order valence-corrected chi connectivity index (χ3v) is 4.88. The van der Waals surface area contributed by atoms with Gasteiger partial charge in [-0.2, -0.15) is 0 Å². The number of Topliss-reactive ketones (excluding diaryl/α,β-unsaturated/α-hetero) is 1. The Labute approximate surface area is 169 Å². The van der Waals surface area contributed by atoms with Gasteiger partial charge in [0.05, 0.1) is 11.3 Å². The molecule has 28 heavy (non-hydrogen) atoms. The second-order valence-electron chi connectivity index (χ2n) is 6.91. The zero-order valence-corrected chi connectivity index (χ0v) is 16.6. The van der Waals surface area contributed by atoms with Crippen molar-refractivity contribution in [3.8, 4) is 0 Å². The molecule has 146 valence electrons. The largest absolute Gasteiger partial charge is 0.507 e. The molecule has 7 heteroatoms. The van der Waals surface area contributed by atoms with Crippen molar-refractivity contribution in [2.75, 3.05) is 27.2 Å². The molecule has 0 bridgehead atoms. The minimum absolute atomic E-state index is 0.0517. The van der Waals surface area contributed by atoms with Crippen LogP contribution in [0.2, 0.25) is 5.02 Å². The number of aliphatic hydroxyl groups is 1. The lowest BCUT2D eigenvalue weighted by Crippen LogP contribution is -2.32. The molecular formula is C21H22ClN3O3. The van der Waals surface area contributed by atoms with Gasteiger partial charge in [0.15, 0.2) is 0 Å². The van der Waals surface area contributed by atoms with Crippen LogP contribution in [0.15, 0.2) is 54.2 Å². The number of aliphatic hydroxyl groups excluding tert-OH is 1. The third-order valence-electron chi connectivity index (χ3n) is 4.63. The van der Waals surface area contributed by atoms with E-state index < -0.39 is 17.7 Å². The third kappa shape index (κ3) is 4.08. The number of hydrogen-bond acceptors (Lipinski definition) is 5. The monoisotopic (exact) mass is 399 g/mol. The number of benzene rings is 1. The summed E-state index contributed by atoms with van der Waals surface area (Å²) in [5.74, 6) is -1.54. The first-order valence-corrected chi connectivity index (χ1v) is 9.38. The maximum absolute atomic E-state index is 12.8. The Kier molecular flexibility index (Phi) is 6.11. The average molecular weight is 400 g/mol. The van der Waals surface area contributed by atoms with E-state index >= 15 is 0 Å². The van der Waals surface area contributed by atoms with E-state index in [4.69, 9.17) is 11.6 Å². The minimum Gasteiger partial charge on any atom is -0.507 e. The molecule has 1 aromatic heterocycles. The quantitative estimate of drug-likeness (QED) is 0.459. The molecule has 1 saturated heterocycles. The van der Waals surface area contributed by atoms with E-state index in [2.05, 4.69) is 4.98 Å². The zero-order chi connectivity index (χ0) is 20.3. The summed E-state index contributed by atoms with van der Waals surface area (Å²) in [6.07, 6.45) is 2.31. The lowest BCUT2D eigenvalue weighted by atomic mass is 9.98. The van der Waals surface area contributed by atoms with Crippen molar-refractivity contribution in [2.45, 2.75) is 12.5 Å². The van der Waals surface area contributed by atoms with Gasteiger partial charge >= 0.3 is 0 Å². The van der Waals surface area contributed by atoms with Crippen molar-refractivity contribution in [2.24, 2.45) is 0 Å². The van der Waals surface area contributed by atoms with Gasteiger partial charge in [0.1, 0.15) is 11.8 Å². The zero-order valence-electron chi connectivity index (χ0n) is 15.8. The molecule has 2 heterocycles. The van der Waals surface area contributed by atoms with Crippen LogP contribution in [0, 0.1) is 0 Å². The van der Waals surface area contributed by atoms with Crippen molar-refractivity contribution < 1.29 is 14.7 Å². The number of nitrogens with zero attached hydrogens (tertiary/aromatic N) is 3. The number of carbonyl (C=O) groups excluding carboxylic acids is 2. The van der Waals surface area contributed by atoms with E-state index in [1.165, 1.54) is 4.90 Å². The van der Waals surface area contributed by atoms with Crippen LogP contribution in [0.1, 0.15) is 23.7 Å². The van der Waals surface area contributed by atoms with Crippen molar-refractivity contribution in [1.29, 1.82) is 0 Å². The molecule has 0 aliphatic carbocycles. The molecule has 1 aliphatic heterocycles. The Bertz CT molecular complexity index is 895. The van der Waals surface area contributed by atoms with Gasteiger partial charge < -0.3 is 14.9 Å². The van der Waals surface area contributed by atoms with Gasteiger partial charge in [-0.05, 0) is 63.5 Å². The van der Waals surface area contributed by atoms with Gasteiger partial charge in [-0.25, -0.2) is 0 Å². The van der Waals surface area contributed by atoms with E-state index in [0.29, 0.717) is 29.2 Å². The Morgan fingerprint density at radius 3 is 2.50 bits per heavy atom. The Balaban J connectivity index is 2.06. The molecule has 3 rings (SSSR count). The summed E-state index contributed by atoms with van der Waals surface area (Å²) in [6.45, 7) is 1.16. The summed E-state index contributed by atoms with van der Waals surface area (Å²) in [4.78, 5) is 33.4. The Hall–Kier alpha value is -2.70. The Morgan fingerprint density at radius 2 is 1.89 bits per heavy atom. The van der Waals surface area contributed by atoms with E-state index in [-0.39, 0.29) is 11.3 Å². The standard InChI is InChI=1S/C21H22ClN3O3/c1-24(2)12-5-13-25-18(16-6-3-4-11-23-16)17(20(27)21(25)28)19(26)14-7-9-15(22)10-8-14/h3-4,6-11,18,26H,5,12-13H2,1-2H3/t18-/m0/s1. The molecule has 1 aliphatic rings. The van der Waals surface area contributed by atoms with Crippen LogP contribution in [0.5, 0.6) is 0 Å². The van der Waals surface area contributed by atoms with E-state index in [9.17, 15) is 14.7 Å². The molecule has 1 fully saturated rings. The lowest BCUT2D eigenvalue weighted by molar-refractivity contribution is -0.140. The van der Waals surface area contributed by atoms with Crippen LogP contribution in [-0.2, 0) is 9.59 Å². The first-order chi connectivity index (χ1) is 13.4. The van der Waals surface area contributed by atoms with E-state index in [1.54, 1.807) is 48.7 Å². The van der Waals surface area contributed by atoms with Crippen molar-refractivity contribution >= 4 is 29.1 Å². The molecule has 0 spiro atoms. The summed E-state index contributed by atoms with van der Waals surface area (Å²) in [5.41, 5.74) is 1.02. The second kappa shape index (κ2) is 8.54. The number of likely N-dealkylation sites (tertiary alicyclic amines) is 1. The molecule has 0 radical (unpaired) electrons. The fraction of sp³-hybridized carbons (Fsp3) is 0.286. The predicted octanol–water partition coefficient (Wildman–Crippen LogP) is 3.11. The van der Waals surface area contributed by atoms with E-state index in [0.717, 1.165) is 6.54 Å². The van der Waals surface area contributed by atoms with Crippen LogP contribution in [0.3, 0.4) is 0 Å². The van der Waals surface area contributed by atoms with Gasteiger partial charge in [0, 0.05) is 23.3 Å². The van der Waals surface area contributed by atoms with Gasteiger partial charge in [0.2, 0.25) is 0 Å². The van der Waals surface area contributed by atoms with Crippen molar-refractivity contribution in [3.63, 3.8) is 0 Å². The smallest absolute Gasteiger partial charge is 0.295 e. The highest BCUT2D eigenvalue weighted by Crippen LogP contribution is 2.38. The first kappa shape index (κ1) is 20.0. The van der Waals surface area contributed by atoms with Crippen LogP contribution in [-0.4, -0.2) is 58.8 Å². The van der Waals surface area contributed by atoms with Gasteiger partial charge in [0.25, 0.3) is 11.7 Å². The van der Waals surface area contributed by atoms with Crippen LogP contribution >= 0.6 is 11.6 Å². The molecule has 1 amide bonds. The van der Waals surface area contributed by atoms with Crippen molar-refractivity contribution in [3.05, 3.63) is 70.5 Å². The number of halogens is 1. The maximum atomic E-state index is 12.8. The van der Waals surface area contributed by atoms with Gasteiger partial charge in [-0.3, -0.25) is 14.6 Å². The predicted molar refractivity (Wildman–Crippen MR) is 108 cm³/mol. The summed E-state index contributed by atoms with van der Waals surface area (Å²) >= 11 is 5.92. The van der Waals surface area contributed by atoms with Crippen LogP contribution < -0.4 is 0 Å². The molecule has 2 aromatic rings. The minimum atomic E-state index is -0.723. The number of carbonyl (C=O) groups is 2.